The third-order valence-corrected chi connectivity index (χ3v) is 5.37. The van der Waals surface area contributed by atoms with Gasteiger partial charge in [-0.15, -0.1) is 0 Å². The van der Waals surface area contributed by atoms with E-state index in [0.29, 0.717) is 0 Å². The van der Waals surface area contributed by atoms with E-state index in [1.54, 1.807) is 4.72 Å². The van der Waals surface area contributed by atoms with E-state index in [2.05, 4.69) is 0 Å². The quantitative estimate of drug-likeness (QED) is 0.768. The maximum absolute atomic E-state index is 13.4. The predicted octanol–water partition coefficient (Wildman–Crippen LogP) is 3.08. The first-order valence-corrected chi connectivity index (χ1v) is 9.05. The zero-order chi connectivity index (χ0) is 19.6. The zero-order valence-electron chi connectivity index (χ0n) is 13.4. The van der Waals surface area contributed by atoms with E-state index in [1.807, 2.05) is 0 Å². The summed E-state index contributed by atoms with van der Waals surface area (Å²) in [6.45, 7) is -1.30. The number of alkyl halides is 3. The molecule has 0 bridgehead atoms. The van der Waals surface area contributed by atoms with Gasteiger partial charge in [-0.3, -0.25) is 0 Å². The van der Waals surface area contributed by atoms with Crippen LogP contribution in [0.3, 0.4) is 0 Å². The molecule has 0 saturated heterocycles. The first-order valence-electron chi connectivity index (χ1n) is 7.19. The molecule has 0 heterocycles. The number of nitrogens with one attached hydrogen (secondary N) is 1. The molecule has 2 aromatic rings. The summed E-state index contributed by atoms with van der Waals surface area (Å²) in [6, 6.07) is 9.65. The molecule has 2 aromatic carbocycles. The van der Waals surface area contributed by atoms with Crippen molar-refractivity contribution in [3.8, 4) is 5.75 Å². The van der Waals surface area contributed by atoms with E-state index in [-0.39, 0.29) is 15.7 Å². The first-order chi connectivity index (χ1) is 12.0. The van der Waals surface area contributed by atoms with E-state index in [1.165, 1.54) is 31.4 Å². The Morgan fingerprint density at radius 2 is 1.77 bits per heavy atom. The molecule has 0 radical (unpaired) electrons. The Morgan fingerprint density at radius 1 is 1.15 bits per heavy atom. The summed E-state index contributed by atoms with van der Waals surface area (Å²) in [6.07, 6.45) is -5.10. The zero-order valence-corrected chi connectivity index (χ0v) is 15.0. The second-order valence-electron chi connectivity index (χ2n) is 5.34. The topological polar surface area (TPSA) is 75.6 Å². The smallest absolute Gasteiger partial charge is 0.422 e. The minimum absolute atomic E-state index is 0.0236. The molecule has 26 heavy (non-hydrogen) atoms. The van der Waals surface area contributed by atoms with Crippen LogP contribution in [-0.2, 0) is 15.6 Å². The van der Waals surface area contributed by atoms with Crippen molar-refractivity contribution in [3.05, 3.63) is 59.1 Å². The standard InChI is InChI=1S/C16H15ClF3NO4S/c1-25-14-8-7-12(9-13(14)17)26(23,24)21-10-15(22,16(18,19)20)11-5-3-2-4-6-11/h2-9,21-22H,10H2,1H3/t15-/m0/s1. The summed E-state index contributed by atoms with van der Waals surface area (Å²) in [5, 5.41) is 10.1. The van der Waals surface area contributed by atoms with Crippen molar-refractivity contribution in [2.45, 2.75) is 16.7 Å². The second kappa shape index (κ2) is 7.43. The van der Waals surface area contributed by atoms with Gasteiger partial charge in [-0.05, 0) is 23.8 Å². The Kier molecular flexibility index (Phi) is 5.86. The van der Waals surface area contributed by atoms with Gasteiger partial charge in [0, 0.05) is 0 Å². The van der Waals surface area contributed by atoms with Gasteiger partial charge in [0.15, 0.2) is 5.60 Å². The fourth-order valence-electron chi connectivity index (χ4n) is 2.18. The normalized spacial score (nSPS) is 14.7. The molecule has 0 aliphatic rings. The molecule has 0 spiro atoms. The summed E-state index contributed by atoms with van der Waals surface area (Å²) in [7, 11) is -3.03. The molecule has 2 rings (SSSR count). The second-order valence-corrected chi connectivity index (χ2v) is 7.52. The van der Waals surface area contributed by atoms with Gasteiger partial charge in [0.1, 0.15) is 5.75 Å². The summed E-state index contributed by atoms with van der Waals surface area (Å²) < 4.78 is 71.5. The highest BCUT2D eigenvalue weighted by atomic mass is 35.5. The minimum atomic E-state index is -5.10. The lowest BCUT2D eigenvalue weighted by Crippen LogP contribution is -2.51. The molecular weight excluding hydrogens is 395 g/mol. The third kappa shape index (κ3) is 4.12. The van der Waals surface area contributed by atoms with E-state index >= 15 is 0 Å². The van der Waals surface area contributed by atoms with Crippen LogP contribution in [0.15, 0.2) is 53.4 Å². The van der Waals surface area contributed by atoms with Crippen molar-refractivity contribution in [2.24, 2.45) is 0 Å². The summed E-state index contributed by atoms with van der Waals surface area (Å²) in [5.74, 6) is 0.210. The number of aliphatic hydroxyl groups is 1. The maximum Gasteiger partial charge on any atom is 0.422 e. The van der Waals surface area contributed by atoms with Gasteiger partial charge in [0.25, 0.3) is 0 Å². The van der Waals surface area contributed by atoms with Crippen molar-refractivity contribution in [1.82, 2.24) is 4.72 Å². The Balaban J connectivity index is 2.32. The number of rotatable bonds is 6. The van der Waals surface area contributed by atoms with Gasteiger partial charge >= 0.3 is 6.18 Å². The van der Waals surface area contributed by atoms with Crippen LogP contribution in [0.4, 0.5) is 13.2 Å². The van der Waals surface area contributed by atoms with Gasteiger partial charge in [0.2, 0.25) is 10.0 Å². The highest BCUT2D eigenvalue weighted by molar-refractivity contribution is 7.89. The Hall–Kier alpha value is -1.81. The fraction of sp³-hybridized carbons (Fsp3) is 0.250. The lowest BCUT2D eigenvalue weighted by Gasteiger charge is -2.31. The molecule has 2 N–H and O–H groups in total. The largest absolute Gasteiger partial charge is 0.495 e. The molecule has 10 heteroatoms. The Labute approximate surface area is 153 Å². The van der Waals surface area contributed by atoms with Crippen LogP contribution in [0.1, 0.15) is 5.56 Å². The highest BCUT2D eigenvalue weighted by Crippen LogP contribution is 2.38. The molecule has 0 aliphatic heterocycles. The fourth-order valence-corrected chi connectivity index (χ4v) is 3.59. The number of hydrogen-bond acceptors (Lipinski definition) is 4. The monoisotopic (exact) mass is 409 g/mol. The highest BCUT2D eigenvalue weighted by Gasteiger charge is 2.55. The molecule has 0 aliphatic carbocycles. The molecule has 0 aromatic heterocycles. The number of methoxy groups -OCH3 is 1. The van der Waals surface area contributed by atoms with Gasteiger partial charge < -0.3 is 9.84 Å². The van der Waals surface area contributed by atoms with Crippen LogP contribution >= 0.6 is 11.6 Å². The minimum Gasteiger partial charge on any atom is -0.495 e. The number of halogens is 4. The Morgan fingerprint density at radius 3 is 2.27 bits per heavy atom. The van der Waals surface area contributed by atoms with Crippen LogP contribution in [0.2, 0.25) is 5.02 Å². The average molecular weight is 410 g/mol. The molecule has 0 fully saturated rings. The number of hydrogen-bond donors (Lipinski definition) is 2. The van der Waals surface area contributed by atoms with Crippen LogP contribution in [0.25, 0.3) is 0 Å². The van der Waals surface area contributed by atoms with Crippen molar-refractivity contribution >= 4 is 21.6 Å². The Bertz CT molecular complexity index is 875. The van der Waals surface area contributed by atoms with Crippen LogP contribution < -0.4 is 9.46 Å². The summed E-state index contributed by atoms with van der Waals surface area (Å²) >= 11 is 5.85. The maximum atomic E-state index is 13.4. The molecular formula is C16H15ClF3NO4S. The molecule has 1 atom stereocenters. The molecule has 142 valence electrons. The van der Waals surface area contributed by atoms with Crippen molar-refractivity contribution in [2.75, 3.05) is 13.7 Å². The van der Waals surface area contributed by atoms with Gasteiger partial charge in [-0.2, -0.15) is 13.2 Å². The van der Waals surface area contributed by atoms with Crippen molar-refractivity contribution in [3.63, 3.8) is 0 Å². The molecule has 5 nitrogen and oxygen atoms in total. The molecule has 0 amide bonds. The number of benzene rings is 2. The van der Waals surface area contributed by atoms with E-state index in [0.717, 1.165) is 24.3 Å². The first kappa shape index (κ1) is 20.5. The van der Waals surface area contributed by atoms with Crippen LogP contribution in [0.5, 0.6) is 5.75 Å². The number of sulfonamides is 1. The van der Waals surface area contributed by atoms with Crippen LogP contribution in [0, 0.1) is 0 Å². The van der Waals surface area contributed by atoms with Crippen molar-refractivity contribution < 1.29 is 31.4 Å². The van der Waals surface area contributed by atoms with E-state index in [4.69, 9.17) is 16.3 Å². The third-order valence-electron chi connectivity index (χ3n) is 3.67. The van der Waals surface area contributed by atoms with Gasteiger partial charge in [-0.25, -0.2) is 13.1 Å². The van der Waals surface area contributed by atoms with E-state index < -0.39 is 33.9 Å². The summed E-state index contributed by atoms with van der Waals surface area (Å²) in [4.78, 5) is -0.360. The molecule has 0 saturated carbocycles. The SMILES string of the molecule is COc1ccc(S(=O)(=O)NC[C@](O)(c2ccccc2)C(F)(F)F)cc1Cl. The summed E-state index contributed by atoms with van der Waals surface area (Å²) in [5.41, 5.74) is -3.87. The average Bonchev–Trinajstić information content (AvgIpc) is 2.59. The van der Waals surface area contributed by atoms with E-state index in [9.17, 15) is 26.7 Å². The molecule has 0 unspecified atom stereocenters. The predicted molar refractivity (Wildman–Crippen MR) is 89.6 cm³/mol. The van der Waals surface area contributed by atoms with Crippen LogP contribution in [-0.4, -0.2) is 33.4 Å². The number of ether oxygens (including phenoxy) is 1. The van der Waals surface area contributed by atoms with Gasteiger partial charge in [-0.1, -0.05) is 41.9 Å². The van der Waals surface area contributed by atoms with Gasteiger partial charge in [0.05, 0.1) is 23.6 Å². The lowest BCUT2D eigenvalue weighted by molar-refractivity contribution is -0.263. The van der Waals surface area contributed by atoms with Crippen molar-refractivity contribution in [1.29, 1.82) is 0 Å². The lowest BCUT2D eigenvalue weighted by atomic mass is 9.93.